The van der Waals surface area contributed by atoms with E-state index in [9.17, 15) is 9.18 Å². The van der Waals surface area contributed by atoms with Gasteiger partial charge in [0, 0.05) is 0 Å². The number of amides is 1. The van der Waals surface area contributed by atoms with Crippen LogP contribution in [0.5, 0.6) is 5.75 Å². The van der Waals surface area contributed by atoms with Gasteiger partial charge in [0.15, 0.2) is 11.7 Å². The van der Waals surface area contributed by atoms with E-state index in [0.717, 1.165) is 10.8 Å². The van der Waals surface area contributed by atoms with Gasteiger partial charge in [0.2, 0.25) is 0 Å². The molecule has 0 atom stereocenters. The molecule has 1 heterocycles. The van der Waals surface area contributed by atoms with Gasteiger partial charge >= 0.3 is 0 Å². The van der Waals surface area contributed by atoms with Crippen molar-refractivity contribution in [2.24, 2.45) is 0 Å². The third-order valence-corrected chi connectivity index (χ3v) is 4.64. The van der Waals surface area contributed by atoms with Gasteiger partial charge in [-0.15, -0.1) is 0 Å². The Morgan fingerprint density at radius 1 is 1.08 bits per heavy atom. The number of anilines is 1. The Labute approximate surface area is 146 Å². The van der Waals surface area contributed by atoms with Crippen LogP contribution in [0.2, 0.25) is 0 Å². The van der Waals surface area contributed by atoms with Crippen LogP contribution in [0.15, 0.2) is 60.7 Å². The maximum Gasteiger partial charge on any atom is 0.264 e. The van der Waals surface area contributed by atoms with Crippen molar-refractivity contribution in [2.45, 2.75) is 0 Å². The highest BCUT2D eigenvalue weighted by Gasteiger charge is 2.11. The zero-order valence-corrected chi connectivity index (χ0v) is 13.8. The lowest BCUT2D eigenvalue weighted by atomic mass is 10.1. The van der Waals surface area contributed by atoms with Crippen LogP contribution in [0.25, 0.3) is 21.0 Å². The molecular formula is C19H13FN2O2S. The molecule has 4 nitrogen and oxygen atoms in total. The van der Waals surface area contributed by atoms with Crippen molar-refractivity contribution in [1.82, 2.24) is 4.98 Å². The van der Waals surface area contributed by atoms with Crippen molar-refractivity contribution in [3.63, 3.8) is 0 Å². The number of carbonyl (C=O) groups is 1. The molecule has 0 bridgehead atoms. The number of carbonyl (C=O) groups excluding carboxylic acids is 1. The zero-order valence-electron chi connectivity index (χ0n) is 13.0. The molecule has 124 valence electrons. The Bertz CT molecular complexity index is 1080. The smallest absolute Gasteiger partial charge is 0.264 e. The summed E-state index contributed by atoms with van der Waals surface area (Å²) >= 11 is 1.22. The molecular weight excluding hydrogens is 339 g/mol. The average molecular weight is 352 g/mol. The zero-order chi connectivity index (χ0) is 17.2. The second-order valence-corrected chi connectivity index (χ2v) is 6.48. The third kappa shape index (κ3) is 3.29. The summed E-state index contributed by atoms with van der Waals surface area (Å²) < 4.78 is 19.9. The molecule has 4 rings (SSSR count). The molecule has 3 aromatic carbocycles. The predicted molar refractivity (Wildman–Crippen MR) is 97.7 cm³/mol. The number of halogens is 1. The minimum absolute atomic E-state index is 0.142. The van der Waals surface area contributed by atoms with E-state index >= 15 is 0 Å². The van der Waals surface area contributed by atoms with Crippen LogP contribution >= 0.6 is 11.3 Å². The summed E-state index contributed by atoms with van der Waals surface area (Å²) in [5.41, 5.74) is 0.262. The number of nitrogens with one attached hydrogen (secondary N) is 1. The Kier molecular flexibility index (Phi) is 4.03. The molecule has 1 amide bonds. The molecule has 1 N–H and O–H groups in total. The lowest BCUT2D eigenvalue weighted by Crippen LogP contribution is -2.20. The maximum absolute atomic E-state index is 13.6. The van der Waals surface area contributed by atoms with Crippen molar-refractivity contribution < 1.29 is 13.9 Å². The second kappa shape index (κ2) is 6.49. The SMILES string of the molecule is O=C(COc1ccc2ccccc2c1)Nc1nc2c(F)cccc2s1. The summed E-state index contributed by atoms with van der Waals surface area (Å²) in [6.07, 6.45) is 0. The van der Waals surface area contributed by atoms with Crippen LogP contribution in [-0.4, -0.2) is 17.5 Å². The molecule has 0 aliphatic carbocycles. The first-order chi connectivity index (χ1) is 12.2. The lowest BCUT2D eigenvalue weighted by Gasteiger charge is -2.07. The first kappa shape index (κ1) is 15.5. The van der Waals surface area contributed by atoms with Gasteiger partial charge in [-0.25, -0.2) is 9.37 Å². The Balaban J connectivity index is 1.43. The van der Waals surface area contributed by atoms with Gasteiger partial charge < -0.3 is 4.74 Å². The van der Waals surface area contributed by atoms with Crippen molar-refractivity contribution in [3.8, 4) is 5.75 Å². The molecule has 0 aliphatic heterocycles. The number of rotatable bonds is 4. The topological polar surface area (TPSA) is 51.2 Å². The summed E-state index contributed by atoms with van der Waals surface area (Å²) in [6, 6.07) is 18.3. The summed E-state index contributed by atoms with van der Waals surface area (Å²) in [5, 5.41) is 5.15. The van der Waals surface area contributed by atoms with Crippen molar-refractivity contribution >= 4 is 43.4 Å². The third-order valence-electron chi connectivity index (χ3n) is 3.71. The number of hydrogen-bond donors (Lipinski definition) is 1. The molecule has 6 heteroatoms. The highest BCUT2D eigenvalue weighted by molar-refractivity contribution is 7.22. The van der Waals surface area contributed by atoms with Gasteiger partial charge in [-0.05, 0) is 35.0 Å². The van der Waals surface area contributed by atoms with E-state index < -0.39 is 5.82 Å². The molecule has 0 spiro atoms. The minimum atomic E-state index is -0.401. The van der Waals surface area contributed by atoms with E-state index in [1.807, 2.05) is 42.5 Å². The number of ether oxygens (including phenoxy) is 1. The minimum Gasteiger partial charge on any atom is -0.484 e. The van der Waals surface area contributed by atoms with Gasteiger partial charge in [-0.1, -0.05) is 47.7 Å². The van der Waals surface area contributed by atoms with E-state index in [4.69, 9.17) is 4.74 Å². The molecule has 0 fully saturated rings. The van der Waals surface area contributed by atoms with E-state index in [1.54, 1.807) is 12.1 Å². The number of thiazole rings is 1. The largest absolute Gasteiger partial charge is 0.484 e. The summed E-state index contributed by atoms with van der Waals surface area (Å²) in [7, 11) is 0. The monoisotopic (exact) mass is 352 g/mol. The van der Waals surface area contributed by atoms with E-state index in [0.29, 0.717) is 15.6 Å². The first-order valence-corrected chi connectivity index (χ1v) is 8.47. The number of hydrogen-bond acceptors (Lipinski definition) is 4. The van der Waals surface area contributed by atoms with Crippen LogP contribution in [0, 0.1) is 5.82 Å². The highest BCUT2D eigenvalue weighted by atomic mass is 32.1. The normalized spacial score (nSPS) is 10.9. The van der Waals surface area contributed by atoms with Crippen LogP contribution in [0.4, 0.5) is 9.52 Å². The van der Waals surface area contributed by atoms with Crippen molar-refractivity contribution in [2.75, 3.05) is 11.9 Å². The van der Waals surface area contributed by atoms with Gasteiger partial charge in [0.1, 0.15) is 17.1 Å². The van der Waals surface area contributed by atoms with E-state index in [2.05, 4.69) is 10.3 Å². The number of aromatic nitrogens is 1. The Hall–Kier alpha value is -2.99. The quantitative estimate of drug-likeness (QED) is 0.584. The fraction of sp³-hybridized carbons (Fsp3) is 0.0526. The van der Waals surface area contributed by atoms with Crippen LogP contribution in [0.3, 0.4) is 0 Å². The van der Waals surface area contributed by atoms with Crippen LogP contribution in [-0.2, 0) is 4.79 Å². The lowest BCUT2D eigenvalue weighted by molar-refractivity contribution is -0.118. The molecule has 1 aromatic heterocycles. The molecule has 0 saturated carbocycles. The Morgan fingerprint density at radius 3 is 2.76 bits per heavy atom. The summed E-state index contributed by atoms with van der Waals surface area (Å²) in [5.74, 6) is -0.126. The van der Waals surface area contributed by atoms with Gasteiger partial charge in [-0.3, -0.25) is 10.1 Å². The predicted octanol–water partition coefficient (Wildman–Crippen LogP) is 4.61. The van der Waals surface area contributed by atoms with E-state index in [-0.39, 0.29) is 18.0 Å². The van der Waals surface area contributed by atoms with Gasteiger partial charge in [0.25, 0.3) is 5.91 Å². The number of fused-ring (bicyclic) bond motifs is 2. The molecule has 25 heavy (non-hydrogen) atoms. The summed E-state index contributed by atoms with van der Waals surface area (Å²) in [6.45, 7) is -0.142. The van der Waals surface area contributed by atoms with Crippen molar-refractivity contribution in [3.05, 3.63) is 66.5 Å². The van der Waals surface area contributed by atoms with Crippen LogP contribution in [0.1, 0.15) is 0 Å². The molecule has 0 aliphatic rings. The van der Waals surface area contributed by atoms with Crippen LogP contribution < -0.4 is 10.1 Å². The standard InChI is InChI=1S/C19H13FN2O2S/c20-15-6-3-7-16-18(15)22-19(25-16)21-17(23)11-24-14-9-8-12-4-1-2-5-13(12)10-14/h1-10H,11H2,(H,21,22,23). The second-order valence-electron chi connectivity index (χ2n) is 5.45. The number of nitrogens with zero attached hydrogens (tertiary/aromatic N) is 1. The van der Waals surface area contributed by atoms with E-state index in [1.165, 1.54) is 17.4 Å². The first-order valence-electron chi connectivity index (χ1n) is 7.65. The summed E-state index contributed by atoms with van der Waals surface area (Å²) in [4.78, 5) is 16.2. The van der Waals surface area contributed by atoms with Crippen molar-refractivity contribution in [1.29, 1.82) is 0 Å². The average Bonchev–Trinajstić information content (AvgIpc) is 3.03. The highest BCUT2D eigenvalue weighted by Crippen LogP contribution is 2.27. The molecule has 4 aromatic rings. The fourth-order valence-corrected chi connectivity index (χ4v) is 3.43. The molecule has 0 saturated heterocycles. The number of benzene rings is 3. The number of para-hydroxylation sites is 1. The molecule has 0 unspecified atom stereocenters. The molecule has 0 radical (unpaired) electrons. The Morgan fingerprint density at radius 2 is 1.92 bits per heavy atom. The maximum atomic E-state index is 13.6. The van der Waals surface area contributed by atoms with Gasteiger partial charge in [0.05, 0.1) is 4.70 Å². The fourth-order valence-electron chi connectivity index (χ4n) is 2.53. The van der Waals surface area contributed by atoms with Gasteiger partial charge in [-0.2, -0.15) is 0 Å².